The minimum absolute atomic E-state index is 0.206. The van der Waals surface area contributed by atoms with E-state index < -0.39 is 0 Å². The van der Waals surface area contributed by atoms with Crippen LogP contribution in [0.3, 0.4) is 0 Å². The van der Waals surface area contributed by atoms with Crippen LogP contribution in [-0.4, -0.2) is 27.3 Å². The Morgan fingerprint density at radius 2 is 1.89 bits per heavy atom. The number of carbonyl (C=O) groups excluding carboxylic acids is 1. The van der Waals surface area contributed by atoms with Gasteiger partial charge in [-0.1, -0.05) is 30.3 Å². The normalized spacial score (nSPS) is 18.8. The van der Waals surface area contributed by atoms with Gasteiger partial charge in [0.05, 0.1) is 0 Å². The summed E-state index contributed by atoms with van der Waals surface area (Å²) in [4.78, 5) is 21.9. The summed E-state index contributed by atoms with van der Waals surface area (Å²) < 4.78 is 0. The molecule has 2 heterocycles. The first-order valence-electron chi connectivity index (χ1n) is 6.39. The molecule has 19 heavy (non-hydrogen) atoms. The molecule has 0 spiro atoms. The van der Waals surface area contributed by atoms with Crippen LogP contribution < -0.4 is 0 Å². The van der Waals surface area contributed by atoms with Gasteiger partial charge in [-0.15, -0.1) is 0 Å². The summed E-state index contributed by atoms with van der Waals surface area (Å²) in [6.45, 7) is 1.38. The van der Waals surface area contributed by atoms with Gasteiger partial charge in [-0.2, -0.15) is 0 Å². The molecule has 1 atom stereocenters. The SMILES string of the molecule is O=C1CC(c2ccccc2)CN1Cc1cncnc1. The van der Waals surface area contributed by atoms with E-state index >= 15 is 0 Å². The van der Waals surface area contributed by atoms with E-state index in [2.05, 4.69) is 22.1 Å². The van der Waals surface area contributed by atoms with Crippen molar-refractivity contribution >= 4 is 5.91 Å². The minimum Gasteiger partial charge on any atom is -0.338 e. The van der Waals surface area contributed by atoms with Crippen LogP contribution >= 0.6 is 0 Å². The molecular weight excluding hydrogens is 238 g/mol. The number of rotatable bonds is 3. The molecule has 1 aromatic heterocycles. The summed E-state index contributed by atoms with van der Waals surface area (Å²) in [5.41, 5.74) is 2.22. The van der Waals surface area contributed by atoms with E-state index in [9.17, 15) is 4.79 Å². The van der Waals surface area contributed by atoms with Crippen molar-refractivity contribution in [3.8, 4) is 0 Å². The molecule has 4 nitrogen and oxygen atoms in total. The number of hydrogen-bond acceptors (Lipinski definition) is 3. The van der Waals surface area contributed by atoms with Crippen LogP contribution in [0.1, 0.15) is 23.5 Å². The molecule has 3 rings (SSSR count). The second-order valence-corrected chi connectivity index (χ2v) is 4.83. The van der Waals surface area contributed by atoms with Crippen molar-refractivity contribution in [2.45, 2.75) is 18.9 Å². The molecule has 4 heteroatoms. The minimum atomic E-state index is 0.206. The fraction of sp³-hybridized carbons (Fsp3) is 0.267. The molecule has 1 fully saturated rings. The number of nitrogens with zero attached hydrogens (tertiary/aromatic N) is 3. The van der Waals surface area contributed by atoms with Crippen LogP contribution in [0.25, 0.3) is 0 Å². The highest BCUT2D eigenvalue weighted by Crippen LogP contribution is 2.28. The third-order valence-corrected chi connectivity index (χ3v) is 3.47. The van der Waals surface area contributed by atoms with E-state index in [1.807, 2.05) is 23.1 Å². The van der Waals surface area contributed by atoms with E-state index in [1.165, 1.54) is 11.9 Å². The van der Waals surface area contributed by atoms with Gasteiger partial charge in [0.25, 0.3) is 0 Å². The monoisotopic (exact) mass is 253 g/mol. The summed E-state index contributed by atoms with van der Waals surface area (Å²) in [7, 11) is 0. The van der Waals surface area contributed by atoms with Crippen molar-refractivity contribution in [2.24, 2.45) is 0 Å². The van der Waals surface area contributed by atoms with Gasteiger partial charge < -0.3 is 4.90 Å². The number of likely N-dealkylation sites (tertiary alicyclic amines) is 1. The van der Waals surface area contributed by atoms with Gasteiger partial charge in [0.1, 0.15) is 6.33 Å². The lowest BCUT2D eigenvalue weighted by Crippen LogP contribution is -2.24. The lowest BCUT2D eigenvalue weighted by molar-refractivity contribution is -0.128. The summed E-state index contributed by atoms with van der Waals surface area (Å²) in [6, 6.07) is 10.2. The Labute approximate surface area is 112 Å². The molecule has 0 bridgehead atoms. The summed E-state index contributed by atoms with van der Waals surface area (Å²) in [5, 5.41) is 0. The molecule has 0 aliphatic carbocycles. The maximum absolute atomic E-state index is 12.0. The van der Waals surface area contributed by atoms with Gasteiger partial charge in [0, 0.05) is 43.4 Å². The zero-order valence-corrected chi connectivity index (χ0v) is 10.6. The van der Waals surface area contributed by atoms with E-state index in [1.54, 1.807) is 12.4 Å². The van der Waals surface area contributed by atoms with Gasteiger partial charge >= 0.3 is 0 Å². The van der Waals surface area contributed by atoms with Crippen molar-refractivity contribution in [1.82, 2.24) is 14.9 Å². The van der Waals surface area contributed by atoms with E-state index in [0.29, 0.717) is 18.9 Å². The largest absolute Gasteiger partial charge is 0.338 e. The standard InChI is InChI=1S/C15H15N3O/c19-15-6-14(13-4-2-1-3-5-13)10-18(15)9-12-7-16-11-17-8-12/h1-5,7-8,11,14H,6,9-10H2. The van der Waals surface area contributed by atoms with Crippen molar-refractivity contribution in [3.63, 3.8) is 0 Å². The summed E-state index contributed by atoms with van der Waals surface area (Å²) >= 11 is 0. The molecule has 0 radical (unpaired) electrons. The smallest absolute Gasteiger partial charge is 0.223 e. The van der Waals surface area contributed by atoms with Gasteiger partial charge in [-0.25, -0.2) is 9.97 Å². The first-order chi connectivity index (χ1) is 9.33. The number of benzene rings is 1. The second kappa shape index (κ2) is 5.18. The summed E-state index contributed by atoms with van der Waals surface area (Å²) in [6.07, 6.45) is 5.62. The second-order valence-electron chi connectivity index (χ2n) is 4.83. The maximum Gasteiger partial charge on any atom is 0.223 e. The van der Waals surface area contributed by atoms with Gasteiger partial charge in [-0.3, -0.25) is 4.79 Å². The van der Waals surface area contributed by atoms with Crippen LogP contribution in [-0.2, 0) is 11.3 Å². The Bertz CT molecular complexity index is 556. The molecule has 96 valence electrons. The molecule has 2 aromatic rings. The molecule has 1 aliphatic rings. The number of carbonyl (C=O) groups is 1. The zero-order chi connectivity index (χ0) is 13.1. The third-order valence-electron chi connectivity index (χ3n) is 3.47. The molecular formula is C15H15N3O. The predicted octanol–water partition coefficient (Wildman–Crippen LogP) is 1.99. The maximum atomic E-state index is 12.0. The van der Waals surface area contributed by atoms with Crippen LogP contribution in [0.4, 0.5) is 0 Å². The average Bonchev–Trinajstić information content (AvgIpc) is 2.82. The van der Waals surface area contributed by atoms with Gasteiger partial charge in [-0.05, 0) is 5.56 Å². The topological polar surface area (TPSA) is 46.1 Å². The van der Waals surface area contributed by atoms with Crippen LogP contribution in [0.5, 0.6) is 0 Å². The zero-order valence-electron chi connectivity index (χ0n) is 10.6. The molecule has 1 amide bonds. The van der Waals surface area contributed by atoms with E-state index in [-0.39, 0.29) is 5.91 Å². The fourth-order valence-corrected chi connectivity index (χ4v) is 2.51. The third kappa shape index (κ3) is 2.62. The first-order valence-corrected chi connectivity index (χ1v) is 6.39. The molecule has 0 N–H and O–H groups in total. The molecule has 1 aliphatic heterocycles. The highest BCUT2D eigenvalue weighted by atomic mass is 16.2. The van der Waals surface area contributed by atoms with Crippen LogP contribution in [0.15, 0.2) is 49.1 Å². The Balaban J connectivity index is 1.71. The van der Waals surface area contributed by atoms with Crippen molar-refractivity contribution < 1.29 is 4.79 Å². The quantitative estimate of drug-likeness (QED) is 0.840. The van der Waals surface area contributed by atoms with Crippen molar-refractivity contribution in [1.29, 1.82) is 0 Å². The van der Waals surface area contributed by atoms with Crippen molar-refractivity contribution in [3.05, 3.63) is 60.2 Å². The van der Waals surface area contributed by atoms with Crippen LogP contribution in [0, 0.1) is 0 Å². The highest BCUT2D eigenvalue weighted by molar-refractivity contribution is 5.79. The Hall–Kier alpha value is -2.23. The molecule has 1 saturated heterocycles. The van der Waals surface area contributed by atoms with E-state index in [4.69, 9.17) is 0 Å². The molecule has 1 aromatic carbocycles. The molecule has 1 unspecified atom stereocenters. The molecule has 0 saturated carbocycles. The predicted molar refractivity (Wildman–Crippen MR) is 71.2 cm³/mol. The summed E-state index contributed by atoms with van der Waals surface area (Å²) in [5.74, 6) is 0.510. The highest BCUT2D eigenvalue weighted by Gasteiger charge is 2.30. The Morgan fingerprint density at radius 1 is 1.16 bits per heavy atom. The lowest BCUT2D eigenvalue weighted by atomic mass is 9.99. The van der Waals surface area contributed by atoms with Crippen LogP contribution in [0.2, 0.25) is 0 Å². The Kier molecular flexibility index (Phi) is 3.23. The van der Waals surface area contributed by atoms with Crippen molar-refractivity contribution in [2.75, 3.05) is 6.54 Å². The number of amides is 1. The fourth-order valence-electron chi connectivity index (χ4n) is 2.51. The average molecular weight is 253 g/mol. The Morgan fingerprint density at radius 3 is 2.63 bits per heavy atom. The van der Waals surface area contributed by atoms with Gasteiger partial charge in [0.2, 0.25) is 5.91 Å². The first kappa shape index (κ1) is 11.8. The lowest BCUT2D eigenvalue weighted by Gasteiger charge is -2.16. The van der Waals surface area contributed by atoms with E-state index in [0.717, 1.165) is 12.1 Å². The number of hydrogen-bond donors (Lipinski definition) is 0. The number of aromatic nitrogens is 2. The van der Waals surface area contributed by atoms with Gasteiger partial charge in [0.15, 0.2) is 0 Å².